The van der Waals surface area contributed by atoms with Crippen LogP contribution in [-0.2, 0) is 40.0 Å². The molecular formula is C22H31N7O8. The minimum atomic E-state index is -1.64. The van der Waals surface area contributed by atoms with E-state index >= 15 is 0 Å². The molecule has 0 aliphatic carbocycles. The van der Waals surface area contributed by atoms with Crippen LogP contribution < -0.4 is 38.9 Å². The fourth-order valence-electron chi connectivity index (χ4n) is 3.12. The second-order valence-corrected chi connectivity index (χ2v) is 8.16. The van der Waals surface area contributed by atoms with Gasteiger partial charge in [-0.25, -0.2) is 4.79 Å². The lowest BCUT2D eigenvalue weighted by Crippen LogP contribution is -2.58. The van der Waals surface area contributed by atoms with Gasteiger partial charge in [0.05, 0.1) is 18.9 Å². The molecule has 0 bridgehead atoms. The molecule has 0 saturated heterocycles. The molecule has 37 heavy (non-hydrogen) atoms. The van der Waals surface area contributed by atoms with Gasteiger partial charge in [-0.2, -0.15) is 0 Å². The minimum Gasteiger partial charge on any atom is -0.480 e. The number of amides is 6. The van der Waals surface area contributed by atoms with Gasteiger partial charge in [-0.1, -0.05) is 30.3 Å². The highest BCUT2D eigenvalue weighted by Crippen LogP contribution is 2.05. The van der Waals surface area contributed by atoms with E-state index in [9.17, 15) is 38.7 Å². The van der Waals surface area contributed by atoms with Crippen molar-refractivity contribution in [3.8, 4) is 0 Å². The van der Waals surface area contributed by atoms with Crippen LogP contribution in [0.15, 0.2) is 30.3 Å². The third kappa shape index (κ3) is 11.6. The Balaban J connectivity index is 3.00. The van der Waals surface area contributed by atoms with Crippen LogP contribution in [0.4, 0.5) is 0 Å². The molecule has 6 amide bonds. The first-order valence-electron chi connectivity index (χ1n) is 11.1. The number of hydrogen-bond donors (Lipinski definition) is 8. The Morgan fingerprint density at radius 3 is 1.59 bits per heavy atom. The van der Waals surface area contributed by atoms with Crippen LogP contribution in [0.1, 0.15) is 31.2 Å². The van der Waals surface area contributed by atoms with Gasteiger partial charge in [-0.3, -0.25) is 28.8 Å². The molecule has 4 unspecified atom stereocenters. The summed E-state index contributed by atoms with van der Waals surface area (Å²) >= 11 is 0. The zero-order valence-electron chi connectivity index (χ0n) is 19.8. The molecule has 0 aliphatic rings. The van der Waals surface area contributed by atoms with Crippen LogP contribution in [0.3, 0.4) is 0 Å². The van der Waals surface area contributed by atoms with Crippen molar-refractivity contribution in [2.75, 3.05) is 0 Å². The van der Waals surface area contributed by atoms with E-state index in [0.717, 1.165) is 0 Å². The number of aliphatic carboxylic acids is 1. The van der Waals surface area contributed by atoms with E-state index in [0.29, 0.717) is 5.56 Å². The zero-order valence-corrected chi connectivity index (χ0v) is 19.8. The summed E-state index contributed by atoms with van der Waals surface area (Å²) < 4.78 is 0. The van der Waals surface area contributed by atoms with Crippen molar-refractivity contribution in [2.24, 2.45) is 22.9 Å². The summed E-state index contributed by atoms with van der Waals surface area (Å²) in [5.41, 5.74) is 21.6. The second-order valence-electron chi connectivity index (χ2n) is 8.16. The van der Waals surface area contributed by atoms with E-state index in [1.807, 2.05) is 0 Å². The largest absolute Gasteiger partial charge is 0.480 e. The lowest BCUT2D eigenvalue weighted by Gasteiger charge is -2.24. The fourth-order valence-corrected chi connectivity index (χ4v) is 3.12. The van der Waals surface area contributed by atoms with Gasteiger partial charge >= 0.3 is 5.97 Å². The van der Waals surface area contributed by atoms with Crippen molar-refractivity contribution in [3.63, 3.8) is 0 Å². The molecule has 1 aromatic rings. The Bertz CT molecular complexity index is 1020. The van der Waals surface area contributed by atoms with E-state index < -0.39 is 78.4 Å². The number of carboxylic acids is 1. The molecule has 0 fully saturated rings. The van der Waals surface area contributed by atoms with Crippen LogP contribution in [0.5, 0.6) is 0 Å². The second kappa shape index (κ2) is 14.8. The number of rotatable bonds is 16. The lowest BCUT2D eigenvalue weighted by atomic mass is 10.0. The first kappa shape index (κ1) is 30.5. The maximum atomic E-state index is 12.8. The molecule has 0 saturated carbocycles. The Labute approximate surface area is 211 Å². The third-order valence-electron chi connectivity index (χ3n) is 5.01. The van der Waals surface area contributed by atoms with Gasteiger partial charge in [-0.05, 0) is 12.0 Å². The fraction of sp³-hybridized carbons (Fsp3) is 0.409. The summed E-state index contributed by atoms with van der Waals surface area (Å²) in [6.45, 7) is 0. The molecule has 0 aromatic heterocycles. The van der Waals surface area contributed by atoms with Gasteiger partial charge in [0.1, 0.15) is 18.1 Å². The van der Waals surface area contributed by atoms with Crippen LogP contribution in [0.25, 0.3) is 0 Å². The Kier molecular flexibility index (Phi) is 12.2. The molecule has 0 heterocycles. The van der Waals surface area contributed by atoms with E-state index in [2.05, 4.69) is 16.0 Å². The molecule has 202 valence electrons. The number of nitrogens with one attached hydrogen (secondary N) is 3. The topological polar surface area (TPSA) is 280 Å². The highest BCUT2D eigenvalue weighted by molar-refractivity contribution is 5.97. The lowest BCUT2D eigenvalue weighted by molar-refractivity contribution is -0.142. The van der Waals surface area contributed by atoms with Gasteiger partial charge in [-0.15, -0.1) is 0 Å². The predicted octanol–water partition coefficient (Wildman–Crippen LogP) is -3.89. The molecule has 12 N–H and O–H groups in total. The van der Waals surface area contributed by atoms with Gasteiger partial charge in [0.2, 0.25) is 35.4 Å². The molecule has 15 heteroatoms. The Morgan fingerprint density at radius 1 is 0.703 bits per heavy atom. The summed E-state index contributed by atoms with van der Waals surface area (Å²) in [5.74, 6) is -7.11. The van der Waals surface area contributed by atoms with Gasteiger partial charge < -0.3 is 44.0 Å². The number of carbonyl (C=O) groups is 7. The zero-order chi connectivity index (χ0) is 28.1. The van der Waals surface area contributed by atoms with Crippen LogP contribution in [0.2, 0.25) is 0 Å². The maximum Gasteiger partial charge on any atom is 0.326 e. The summed E-state index contributed by atoms with van der Waals surface area (Å²) in [4.78, 5) is 83.5. The molecule has 0 aliphatic heterocycles. The number of carbonyl (C=O) groups excluding carboxylic acids is 6. The number of benzene rings is 1. The van der Waals surface area contributed by atoms with E-state index in [4.69, 9.17) is 22.9 Å². The highest BCUT2D eigenvalue weighted by atomic mass is 16.4. The third-order valence-corrected chi connectivity index (χ3v) is 5.01. The van der Waals surface area contributed by atoms with Gasteiger partial charge in [0.25, 0.3) is 0 Å². The van der Waals surface area contributed by atoms with Crippen molar-refractivity contribution in [2.45, 2.75) is 56.3 Å². The molecule has 1 aromatic carbocycles. The van der Waals surface area contributed by atoms with Crippen molar-refractivity contribution in [1.29, 1.82) is 0 Å². The molecule has 1 rings (SSSR count). The van der Waals surface area contributed by atoms with E-state index in [-0.39, 0.29) is 19.3 Å². The average Bonchev–Trinajstić information content (AvgIpc) is 2.80. The monoisotopic (exact) mass is 521 g/mol. The van der Waals surface area contributed by atoms with Gasteiger partial charge in [0.15, 0.2) is 0 Å². The van der Waals surface area contributed by atoms with Gasteiger partial charge in [0, 0.05) is 12.8 Å². The van der Waals surface area contributed by atoms with Crippen molar-refractivity contribution >= 4 is 41.4 Å². The van der Waals surface area contributed by atoms with Crippen molar-refractivity contribution < 1.29 is 38.7 Å². The highest BCUT2D eigenvalue weighted by Gasteiger charge is 2.32. The van der Waals surface area contributed by atoms with Crippen molar-refractivity contribution in [1.82, 2.24) is 16.0 Å². The first-order chi connectivity index (χ1) is 17.3. The smallest absolute Gasteiger partial charge is 0.326 e. The molecule has 0 spiro atoms. The summed E-state index contributed by atoms with van der Waals surface area (Å²) in [5, 5.41) is 16.1. The molecular weight excluding hydrogens is 490 g/mol. The number of hydrogen-bond acceptors (Lipinski definition) is 8. The summed E-state index contributed by atoms with van der Waals surface area (Å²) in [6, 6.07) is 2.47. The van der Waals surface area contributed by atoms with Crippen molar-refractivity contribution in [3.05, 3.63) is 35.9 Å². The van der Waals surface area contributed by atoms with Crippen LogP contribution in [0, 0.1) is 0 Å². The molecule has 4 atom stereocenters. The Morgan fingerprint density at radius 2 is 1.16 bits per heavy atom. The number of carboxylic acid groups (broad SMARTS) is 1. The van der Waals surface area contributed by atoms with E-state index in [1.165, 1.54) is 0 Å². The quantitative estimate of drug-likeness (QED) is 0.105. The first-order valence-corrected chi connectivity index (χ1v) is 11.1. The Hall–Kier alpha value is -4.53. The molecule has 15 nitrogen and oxygen atoms in total. The molecule has 0 radical (unpaired) electrons. The normalized spacial score (nSPS) is 13.8. The predicted molar refractivity (Wildman–Crippen MR) is 128 cm³/mol. The van der Waals surface area contributed by atoms with Crippen LogP contribution in [-0.4, -0.2) is 70.7 Å². The van der Waals surface area contributed by atoms with E-state index in [1.54, 1.807) is 30.3 Å². The van der Waals surface area contributed by atoms with Crippen LogP contribution >= 0.6 is 0 Å². The standard InChI is InChI=1S/C22H31N7O8/c23-12(6-7-16(24)30)19(33)27-13(9-17(25)31)20(34)28-14(10-18(26)32)21(35)29-15(22(36)37)8-11-4-2-1-3-5-11/h1-5,12-15H,6-10,23H2,(H2,24,30)(H2,25,31)(H2,26,32)(H,27,33)(H,28,34)(H,29,35)(H,36,37). The minimum absolute atomic E-state index is 0.0945. The number of primary amides is 3. The summed E-state index contributed by atoms with van der Waals surface area (Å²) in [6.07, 6.45) is -1.86. The average molecular weight is 522 g/mol. The maximum absolute atomic E-state index is 12.8. The number of nitrogens with two attached hydrogens (primary N) is 4. The SMILES string of the molecule is NC(=O)CCC(N)C(=O)NC(CC(N)=O)C(=O)NC(CC(N)=O)C(=O)NC(Cc1ccccc1)C(=O)O. The summed E-state index contributed by atoms with van der Waals surface area (Å²) in [7, 11) is 0.